The molecule has 0 amide bonds. The van der Waals surface area contributed by atoms with E-state index in [0.717, 1.165) is 12.8 Å². The normalized spacial score (nSPS) is 25.8. The van der Waals surface area contributed by atoms with E-state index < -0.39 is 12.1 Å². The standard InChI is InChI=1S/C14H22O4/c1-2-3-6-11(15)14-10(8-9-12(14)16)5-4-7-13(17)18/h3,6,10-11,14-15H,2,4-5,7-9H2,1H3,(H,17,18)/b6-3-/t10-,11?,14+/m1/s1. The molecule has 3 atom stereocenters. The fraction of sp³-hybridized carbons (Fsp3) is 0.714. The van der Waals surface area contributed by atoms with Crippen LogP contribution in [0.2, 0.25) is 0 Å². The molecule has 2 N–H and O–H groups in total. The van der Waals surface area contributed by atoms with E-state index in [1.807, 2.05) is 13.0 Å². The van der Waals surface area contributed by atoms with Crippen LogP contribution < -0.4 is 0 Å². The highest BCUT2D eigenvalue weighted by Gasteiger charge is 2.37. The van der Waals surface area contributed by atoms with Crippen LogP contribution in [0.15, 0.2) is 12.2 Å². The molecular formula is C14H22O4. The van der Waals surface area contributed by atoms with Gasteiger partial charge in [-0.15, -0.1) is 0 Å². The quantitative estimate of drug-likeness (QED) is 0.683. The Morgan fingerprint density at radius 3 is 2.89 bits per heavy atom. The zero-order chi connectivity index (χ0) is 13.5. The lowest BCUT2D eigenvalue weighted by Crippen LogP contribution is -2.27. The van der Waals surface area contributed by atoms with E-state index in [4.69, 9.17) is 5.11 Å². The van der Waals surface area contributed by atoms with Crippen molar-refractivity contribution >= 4 is 11.8 Å². The second-order valence-electron chi connectivity index (χ2n) is 4.90. The summed E-state index contributed by atoms with van der Waals surface area (Å²) in [6.45, 7) is 1.98. The second-order valence-corrected chi connectivity index (χ2v) is 4.90. The van der Waals surface area contributed by atoms with Crippen LogP contribution in [-0.4, -0.2) is 28.1 Å². The van der Waals surface area contributed by atoms with Crippen LogP contribution in [0.25, 0.3) is 0 Å². The Balaban J connectivity index is 2.53. The third-order valence-corrected chi connectivity index (χ3v) is 3.54. The van der Waals surface area contributed by atoms with E-state index in [1.165, 1.54) is 0 Å². The molecule has 1 rings (SSSR count). The summed E-state index contributed by atoms with van der Waals surface area (Å²) in [6, 6.07) is 0. The zero-order valence-corrected chi connectivity index (χ0v) is 10.8. The Bertz CT molecular complexity index is 322. The summed E-state index contributed by atoms with van der Waals surface area (Å²) in [5.74, 6) is -0.888. The highest BCUT2D eigenvalue weighted by atomic mass is 16.4. The minimum Gasteiger partial charge on any atom is -0.481 e. The molecule has 102 valence electrons. The van der Waals surface area contributed by atoms with Gasteiger partial charge in [0.25, 0.3) is 0 Å². The van der Waals surface area contributed by atoms with Gasteiger partial charge in [0.1, 0.15) is 5.78 Å². The zero-order valence-electron chi connectivity index (χ0n) is 10.8. The van der Waals surface area contributed by atoms with E-state index >= 15 is 0 Å². The van der Waals surface area contributed by atoms with Crippen molar-refractivity contribution in [1.82, 2.24) is 0 Å². The molecule has 1 aliphatic rings. The average molecular weight is 254 g/mol. The van der Waals surface area contributed by atoms with Crippen molar-refractivity contribution in [3.63, 3.8) is 0 Å². The molecule has 0 heterocycles. The predicted octanol–water partition coefficient (Wildman–Crippen LogP) is 2.16. The van der Waals surface area contributed by atoms with E-state index in [2.05, 4.69) is 0 Å². The van der Waals surface area contributed by atoms with Gasteiger partial charge in [0.2, 0.25) is 0 Å². The first-order chi connectivity index (χ1) is 8.56. The molecule has 18 heavy (non-hydrogen) atoms. The Kier molecular flexibility index (Phi) is 6.05. The molecule has 1 aliphatic carbocycles. The first-order valence-electron chi connectivity index (χ1n) is 6.65. The lowest BCUT2D eigenvalue weighted by Gasteiger charge is -2.21. The lowest BCUT2D eigenvalue weighted by molar-refractivity contribution is -0.137. The predicted molar refractivity (Wildman–Crippen MR) is 68.1 cm³/mol. The van der Waals surface area contributed by atoms with Crippen molar-refractivity contribution in [3.05, 3.63) is 12.2 Å². The minimum atomic E-state index is -0.803. The molecule has 0 aromatic carbocycles. The Morgan fingerprint density at radius 2 is 2.28 bits per heavy atom. The van der Waals surface area contributed by atoms with Crippen LogP contribution in [0.1, 0.15) is 45.4 Å². The van der Waals surface area contributed by atoms with Gasteiger partial charge in [-0.2, -0.15) is 0 Å². The molecular weight excluding hydrogens is 232 g/mol. The van der Waals surface area contributed by atoms with Crippen LogP contribution in [0.4, 0.5) is 0 Å². The summed E-state index contributed by atoms with van der Waals surface area (Å²) in [6.07, 6.45) is 6.39. The summed E-state index contributed by atoms with van der Waals surface area (Å²) >= 11 is 0. The van der Waals surface area contributed by atoms with Gasteiger partial charge in [-0.1, -0.05) is 19.1 Å². The number of carbonyl (C=O) groups is 2. The Morgan fingerprint density at radius 1 is 1.56 bits per heavy atom. The Labute approximate surface area is 108 Å². The van der Waals surface area contributed by atoms with E-state index in [0.29, 0.717) is 19.3 Å². The van der Waals surface area contributed by atoms with Gasteiger partial charge >= 0.3 is 5.97 Å². The van der Waals surface area contributed by atoms with Crippen molar-refractivity contribution in [1.29, 1.82) is 0 Å². The second kappa shape index (κ2) is 7.31. The molecule has 0 aromatic heterocycles. The number of carboxylic acids is 1. The number of carboxylic acid groups (broad SMARTS) is 1. The van der Waals surface area contributed by atoms with Gasteiger partial charge in [-0.05, 0) is 31.6 Å². The summed E-state index contributed by atoms with van der Waals surface area (Å²) in [5.41, 5.74) is 0. The molecule has 4 nitrogen and oxygen atoms in total. The molecule has 0 saturated heterocycles. The monoisotopic (exact) mass is 254 g/mol. The molecule has 1 fully saturated rings. The minimum absolute atomic E-state index is 0.114. The molecule has 0 radical (unpaired) electrons. The van der Waals surface area contributed by atoms with Gasteiger partial charge in [0.15, 0.2) is 0 Å². The summed E-state index contributed by atoms with van der Waals surface area (Å²) < 4.78 is 0. The number of aliphatic hydroxyl groups is 1. The number of hydrogen-bond acceptors (Lipinski definition) is 3. The molecule has 1 unspecified atom stereocenters. The first kappa shape index (κ1) is 14.9. The SMILES string of the molecule is CC/C=C\C(O)[C@H]1C(=O)CC[C@H]1CCCC(=O)O. The van der Waals surface area contributed by atoms with Gasteiger partial charge in [0, 0.05) is 12.8 Å². The smallest absolute Gasteiger partial charge is 0.303 e. The number of allylic oxidation sites excluding steroid dienone is 1. The summed E-state index contributed by atoms with van der Waals surface area (Å²) in [4.78, 5) is 22.2. The molecule has 0 aromatic rings. The molecule has 0 aliphatic heterocycles. The Hall–Kier alpha value is -1.16. The maximum absolute atomic E-state index is 11.8. The van der Waals surface area contributed by atoms with Crippen LogP contribution in [0.3, 0.4) is 0 Å². The van der Waals surface area contributed by atoms with Crippen LogP contribution in [0.5, 0.6) is 0 Å². The van der Waals surface area contributed by atoms with Crippen molar-refractivity contribution in [2.45, 2.75) is 51.6 Å². The average Bonchev–Trinajstić information content (AvgIpc) is 2.67. The third kappa shape index (κ3) is 4.26. The lowest BCUT2D eigenvalue weighted by atomic mass is 9.86. The van der Waals surface area contributed by atoms with E-state index in [-0.39, 0.29) is 24.0 Å². The fourth-order valence-corrected chi connectivity index (χ4v) is 2.64. The number of ketones is 1. The number of rotatable bonds is 7. The van der Waals surface area contributed by atoms with E-state index in [1.54, 1.807) is 6.08 Å². The summed E-state index contributed by atoms with van der Waals surface area (Å²) in [5, 5.41) is 18.6. The highest BCUT2D eigenvalue weighted by molar-refractivity contribution is 5.84. The van der Waals surface area contributed by atoms with E-state index in [9.17, 15) is 14.7 Å². The molecule has 0 spiro atoms. The maximum atomic E-state index is 11.8. The number of aliphatic carboxylic acids is 1. The van der Waals surface area contributed by atoms with Crippen molar-refractivity contribution in [3.8, 4) is 0 Å². The highest BCUT2D eigenvalue weighted by Crippen LogP contribution is 2.35. The van der Waals surface area contributed by atoms with Crippen molar-refractivity contribution < 1.29 is 19.8 Å². The molecule has 0 bridgehead atoms. The van der Waals surface area contributed by atoms with Crippen molar-refractivity contribution in [2.24, 2.45) is 11.8 Å². The number of hydrogen-bond donors (Lipinski definition) is 2. The fourth-order valence-electron chi connectivity index (χ4n) is 2.64. The molecule has 1 saturated carbocycles. The maximum Gasteiger partial charge on any atom is 0.303 e. The topological polar surface area (TPSA) is 74.6 Å². The number of aliphatic hydroxyl groups excluding tert-OH is 1. The van der Waals surface area contributed by atoms with Gasteiger partial charge in [0.05, 0.1) is 12.0 Å². The molecule has 4 heteroatoms. The van der Waals surface area contributed by atoms with Crippen LogP contribution in [0, 0.1) is 11.8 Å². The van der Waals surface area contributed by atoms with Gasteiger partial charge in [-0.25, -0.2) is 0 Å². The number of carbonyl (C=O) groups excluding carboxylic acids is 1. The van der Waals surface area contributed by atoms with Crippen LogP contribution >= 0.6 is 0 Å². The van der Waals surface area contributed by atoms with Crippen molar-refractivity contribution in [2.75, 3.05) is 0 Å². The first-order valence-corrected chi connectivity index (χ1v) is 6.65. The number of Topliss-reactive ketones (excluding diaryl/α,β-unsaturated/α-hetero) is 1. The van der Waals surface area contributed by atoms with Crippen LogP contribution in [-0.2, 0) is 9.59 Å². The third-order valence-electron chi connectivity index (χ3n) is 3.54. The largest absolute Gasteiger partial charge is 0.481 e. The van der Waals surface area contributed by atoms with Gasteiger partial charge in [-0.3, -0.25) is 9.59 Å². The summed E-state index contributed by atoms with van der Waals surface area (Å²) in [7, 11) is 0. The van der Waals surface area contributed by atoms with Gasteiger partial charge < -0.3 is 10.2 Å².